The molecule has 0 spiro atoms. The first-order chi connectivity index (χ1) is 25.3. The Kier molecular flexibility index (Phi) is 6.02. The standard InChI is InChI=1S/C44H25N5OS/c1-2-11-26(12-3-1)41-46-42(34-17-8-15-31-29-14-5-7-21-37(29)50-39(31)34)48-43(47-41)35-18-9-16-32-30-23-22-27(25-38(30)51-40(32)35)49-36-20-6-4-13-28(36)33-19-10-24-45-44(33)49/h1-25H. The van der Waals surface area contributed by atoms with Crippen molar-refractivity contribution in [3.63, 3.8) is 0 Å². The van der Waals surface area contributed by atoms with Gasteiger partial charge in [0.05, 0.1) is 11.1 Å². The SMILES string of the molecule is c1ccc(-c2nc(-c3cccc4c3oc3ccccc34)nc(-c3cccc4c3sc3cc(-n5c6ccccc6c6cccnc65)ccc34)n2)cc1. The molecule has 0 amide bonds. The molecule has 0 fully saturated rings. The van der Waals surface area contributed by atoms with Crippen LogP contribution in [0.3, 0.4) is 0 Å². The molecule has 0 saturated heterocycles. The van der Waals surface area contributed by atoms with Crippen LogP contribution in [-0.4, -0.2) is 24.5 Å². The average molecular weight is 672 g/mol. The number of aromatic nitrogens is 5. The molecule has 0 unspecified atom stereocenters. The first kappa shape index (κ1) is 28.2. The van der Waals surface area contributed by atoms with Gasteiger partial charge in [0.1, 0.15) is 16.8 Å². The summed E-state index contributed by atoms with van der Waals surface area (Å²) in [7, 11) is 0. The number of furan rings is 1. The third kappa shape index (κ3) is 4.28. The van der Waals surface area contributed by atoms with E-state index in [2.05, 4.69) is 83.4 Å². The van der Waals surface area contributed by atoms with E-state index in [1.807, 2.05) is 72.9 Å². The van der Waals surface area contributed by atoms with Gasteiger partial charge in [-0.15, -0.1) is 11.3 Å². The quantitative estimate of drug-likeness (QED) is 0.186. The largest absolute Gasteiger partial charge is 0.455 e. The highest BCUT2D eigenvalue weighted by atomic mass is 32.1. The van der Waals surface area contributed by atoms with Crippen molar-refractivity contribution in [2.24, 2.45) is 0 Å². The molecule has 11 rings (SSSR count). The molecule has 238 valence electrons. The third-order valence-electron chi connectivity index (χ3n) is 9.73. The Morgan fingerprint density at radius 1 is 0.510 bits per heavy atom. The fourth-order valence-electron chi connectivity index (χ4n) is 7.42. The zero-order valence-electron chi connectivity index (χ0n) is 27.0. The van der Waals surface area contributed by atoms with Crippen LogP contribution in [0.2, 0.25) is 0 Å². The summed E-state index contributed by atoms with van der Waals surface area (Å²) in [4.78, 5) is 20.1. The highest BCUT2D eigenvalue weighted by molar-refractivity contribution is 7.26. The number of hydrogen-bond acceptors (Lipinski definition) is 6. The number of rotatable bonds is 4. The molecule has 0 aliphatic rings. The third-order valence-corrected chi connectivity index (χ3v) is 10.9. The lowest BCUT2D eigenvalue weighted by Crippen LogP contribution is -2.00. The van der Waals surface area contributed by atoms with Crippen molar-refractivity contribution < 1.29 is 4.42 Å². The lowest BCUT2D eigenvalue weighted by atomic mass is 10.1. The van der Waals surface area contributed by atoms with E-state index < -0.39 is 0 Å². The van der Waals surface area contributed by atoms with E-state index in [9.17, 15) is 0 Å². The molecule has 51 heavy (non-hydrogen) atoms. The second-order valence-electron chi connectivity index (χ2n) is 12.6. The van der Waals surface area contributed by atoms with Gasteiger partial charge in [0.15, 0.2) is 17.5 Å². The van der Waals surface area contributed by atoms with E-state index in [1.54, 1.807) is 11.3 Å². The van der Waals surface area contributed by atoms with Gasteiger partial charge in [0.2, 0.25) is 0 Å². The second kappa shape index (κ2) is 10.9. The molecule has 0 saturated carbocycles. The molecule has 0 aliphatic carbocycles. The predicted molar refractivity (Wildman–Crippen MR) is 208 cm³/mol. The molecule has 7 heteroatoms. The van der Waals surface area contributed by atoms with Gasteiger partial charge in [-0.3, -0.25) is 4.57 Å². The maximum absolute atomic E-state index is 6.43. The Morgan fingerprint density at radius 3 is 2.12 bits per heavy atom. The molecule has 5 aromatic heterocycles. The molecule has 5 heterocycles. The van der Waals surface area contributed by atoms with E-state index in [0.717, 1.165) is 65.6 Å². The summed E-state index contributed by atoms with van der Waals surface area (Å²) in [6, 6.07) is 50.1. The van der Waals surface area contributed by atoms with E-state index in [1.165, 1.54) is 20.9 Å². The number of nitrogens with zero attached hydrogens (tertiary/aromatic N) is 5. The van der Waals surface area contributed by atoms with Crippen LogP contribution in [-0.2, 0) is 0 Å². The van der Waals surface area contributed by atoms with Gasteiger partial charge in [-0.05, 0) is 48.5 Å². The zero-order valence-corrected chi connectivity index (χ0v) is 27.8. The van der Waals surface area contributed by atoms with E-state index in [4.69, 9.17) is 24.4 Å². The molecule has 0 bridgehead atoms. The van der Waals surface area contributed by atoms with Crippen LogP contribution >= 0.6 is 11.3 Å². The minimum absolute atomic E-state index is 0.572. The summed E-state index contributed by atoms with van der Waals surface area (Å²) in [5.41, 5.74) is 7.48. The Bertz CT molecular complexity index is 3100. The molecule has 6 aromatic carbocycles. The topological polar surface area (TPSA) is 69.6 Å². The maximum atomic E-state index is 6.43. The van der Waals surface area contributed by atoms with Gasteiger partial charge in [0.25, 0.3) is 0 Å². The van der Waals surface area contributed by atoms with Crippen LogP contribution in [0.5, 0.6) is 0 Å². The summed E-state index contributed by atoms with van der Waals surface area (Å²) in [5.74, 6) is 1.81. The van der Waals surface area contributed by atoms with Crippen LogP contribution in [0.1, 0.15) is 0 Å². The highest BCUT2D eigenvalue weighted by Gasteiger charge is 2.20. The van der Waals surface area contributed by atoms with Crippen molar-refractivity contribution in [1.82, 2.24) is 24.5 Å². The number of pyridine rings is 1. The number of thiophene rings is 1. The van der Waals surface area contributed by atoms with E-state index in [-0.39, 0.29) is 0 Å². The highest BCUT2D eigenvalue weighted by Crippen LogP contribution is 2.42. The maximum Gasteiger partial charge on any atom is 0.167 e. The van der Waals surface area contributed by atoms with E-state index >= 15 is 0 Å². The lowest BCUT2D eigenvalue weighted by molar-refractivity contribution is 0.669. The molecule has 0 atom stereocenters. The molecule has 0 radical (unpaired) electrons. The number of hydrogen-bond donors (Lipinski definition) is 0. The normalized spacial score (nSPS) is 11.9. The Balaban J connectivity index is 1.13. The van der Waals surface area contributed by atoms with Crippen molar-refractivity contribution >= 4 is 75.4 Å². The summed E-state index contributed by atoms with van der Waals surface area (Å²) in [6.45, 7) is 0. The minimum Gasteiger partial charge on any atom is -0.455 e. The lowest BCUT2D eigenvalue weighted by Gasteiger charge is -2.09. The summed E-state index contributed by atoms with van der Waals surface area (Å²) < 4.78 is 11.0. The number of benzene rings is 6. The number of fused-ring (bicyclic) bond motifs is 9. The molecular formula is C44H25N5OS. The summed E-state index contributed by atoms with van der Waals surface area (Å²) in [5, 5.41) is 6.80. The Morgan fingerprint density at radius 2 is 1.22 bits per heavy atom. The monoisotopic (exact) mass is 671 g/mol. The average Bonchev–Trinajstić information content (AvgIpc) is 3.87. The number of para-hydroxylation sites is 3. The second-order valence-corrected chi connectivity index (χ2v) is 13.7. The van der Waals surface area contributed by atoms with Crippen LogP contribution in [0, 0.1) is 0 Å². The summed E-state index contributed by atoms with van der Waals surface area (Å²) >= 11 is 1.76. The molecule has 11 aromatic rings. The van der Waals surface area contributed by atoms with Crippen molar-refractivity contribution in [2.75, 3.05) is 0 Å². The van der Waals surface area contributed by atoms with Gasteiger partial charge in [-0.2, -0.15) is 0 Å². The van der Waals surface area contributed by atoms with Crippen molar-refractivity contribution in [1.29, 1.82) is 0 Å². The Hall–Kier alpha value is -6.70. The van der Waals surface area contributed by atoms with Gasteiger partial charge >= 0.3 is 0 Å². The van der Waals surface area contributed by atoms with Crippen molar-refractivity contribution in [2.45, 2.75) is 0 Å². The Labute approximate surface area is 294 Å². The first-order valence-corrected chi connectivity index (χ1v) is 17.6. The van der Waals surface area contributed by atoms with Gasteiger partial charge in [-0.25, -0.2) is 19.9 Å². The molecular weight excluding hydrogens is 647 g/mol. The molecule has 0 aliphatic heterocycles. The van der Waals surface area contributed by atoms with Gasteiger partial charge in [0, 0.05) is 64.7 Å². The predicted octanol–water partition coefficient (Wildman–Crippen LogP) is 11.6. The van der Waals surface area contributed by atoms with Crippen LogP contribution in [0.25, 0.3) is 104 Å². The van der Waals surface area contributed by atoms with Gasteiger partial charge in [-0.1, -0.05) is 97.1 Å². The smallest absolute Gasteiger partial charge is 0.167 e. The van der Waals surface area contributed by atoms with Crippen molar-refractivity contribution in [3.05, 3.63) is 152 Å². The molecule has 0 N–H and O–H groups in total. The first-order valence-electron chi connectivity index (χ1n) is 16.8. The fourth-order valence-corrected chi connectivity index (χ4v) is 8.66. The van der Waals surface area contributed by atoms with Crippen LogP contribution in [0.4, 0.5) is 0 Å². The molecule has 6 nitrogen and oxygen atoms in total. The van der Waals surface area contributed by atoms with E-state index in [0.29, 0.717) is 17.5 Å². The van der Waals surface area contributed by atoms with Crippen LogP contribution in [0.15, 0.2) is 156 Å². The minimum atomic E-state index is 0.572. The van der Waals surface area contributed by atoms with Gasteiger partial charge < -0.3 is 4.42 Å². The summed E-state index contributed by atoms with van der Waals surface area (Å²) in [6.07, 6.45) is 1.86. The van der Waals surface area contributed by atoms with Crippen molar-refractivity contribution in [3.8, 4) is 39.9 Å². The fraction of sp³-hybridized carbons (Fsp3) is 0. The zero-order chi connectivity index (χ0) is 33.5. The van der Waals surface area contributed by atoms with Crippen LogP contribution < -0.4 is 0 Å².